The van der Waals surface area contributed by atoms with E-state index in [1.54, 1.807) is 24.3 Å². The summed E-state index contributed by atoms with van der Waals surface area (Å²) >= 11 is 0. The van der Waals surface area contributed by atoms with Crippen molar-refractivity contribution in [3.63, 3.8) is 0 Å². The molecule has 172 valence electrons. The summed E-state index contributed by atoms with van der Waals surface area (Å²) in [6, 6.07) is 14.4. The lowest BCUT2D eigenvalue weighted by Crippen LogP contribution is -2.23. The van der Waals surface area contributed by atoms with E-state index in [1.165, 1.54) is 24.4 Å². The number of para-hydroxylation sites is 1. The number of nitrogens with one attached hydrogen (secondary N) is 1. The highest BCUT2D eigenvalue weighted by Gasteiger charge is 2.17. The Kier molecular flexibility index (Phi) is 6.35. The van der Waals surface area contributed by atoms with E-state index >= 15 is 4.39 Å². The predicted molar refractivity (Wildman–Crippen MR) is 121 cm³/mol. The van der Waals surface area contributed by atoms with Gasteiger partial charge in [-0.1, -0.05) is 18.2 Å². The van der Waals surface area contributed by atoms with Crippen LogP contribution in [-0.4, -0.2) is 31.1 Å². The first-order valence-electron chi connectivity index (χ1n) is 9.99. The summed E-state index contributed by atoms with van der Waals surface area (Å²) in [7, 11) is 0. The summed E-state index contributed by atoms with van der Waals surface area (Å²) in [6.45, 7) is -3.00. The van der Waals surface area contributed by atoms with Crippen molar-refractivity contribution in [3.8, 4) is 11.4 Å². The van der Waals surface area contributed by atoms with Crippen molar-refractivity contribution in [1.82, 2.24) is 19.1 Å². The van der Waals surface area contributed by atoms with Crippen LogP contribution < -0.4 is 11.0 Å². The molecule has 0 aliphatic heterocycles. The van der Waals surface area contributed by atoms with Gasteiger partial charge in [-0.25, -0.2) is 18.4 Å². The summed E-state index contributed by atoms with van der Waals surface area (Å²) in [6.07, 6.45) is 3.26. The fourth-order valence-corrected chi connectivity index (χ4v) is 3.31. The van der Waals surface area contributed by atoms with Gasteiger partial charge in [-0.15, -0.1) is 0 Å². The Bertz CT molecular complexity index is 1490. The van der Waals surface area contributed by atoms with Crippen molar-refractivity contribution < 1.29 is 13.2 Å². The first-order chi connectivity index (χ1) is 16.4. The second-order valence-corrected chi connectivity index (χ2v) is 7.03. The average molecular weight is 466 g/mol. The van der Waals surface area contributed by atoms with Crippen molar-refractivity contribution >= 4 is 17.6 Å². The van der Waals surface area contributed by atoms with Gasteiger partial charge in [-0.3, -0.25) is 14.6 Å². The van der Waals surface area contributed by atoms with Gasteiger partial charge in [-0.05, 0) is 24.3 Å². The van der Waals surface area contributed by atoms with Crippen LogP contribution in [0.15, 0.2) is 87.6 Å². The van der Waals surface area contributed by atoms with Crippen LogP contribution in [0.25, 0.3) is 11.4 Å². The molecule has 8 nitrogen and oxygen atoms in total. The van der Waals surface area contributed by atoms with Crippen LogP contribution in [0.3, 0.4) is 0 Å². The van der Waals surface area contributed by atoms with E-state index in [4.69, 9.17) is 5.41 Å². The zero-order valence-corrected chi connectivity index (χ0v) is 17.5. The minimum atomic E-state index is -3.00. The normalized spacial score (nSPS) is 11.7. The fourth-order valence-electron chi connectivity index (χ4n) is 3.31. The second-order valence-electron chi connectivity index (χ2n) is 7.03. The highest BCUT2D eigenvalue weighted by atomic mass is 19.3. The monoisotopic (exact) mass is 466 g/mol. The van der Waals surface area contributed by atoms with Crippen molar-refractivity contribution in [1.29, 1.82) is 5.41 Å². The molecule has 0 spiro atoms. The van der Waals surface area contributed by atoms with E-state index in [1.807, 2.05) is 6.07 Å². The van der Waals surface area contributed by atoms with Crippen LogP contribution in [0, 0.1) is 11.2 Å². The molecule has 0 atom stereocenters. The van der Waals surface area contributed by atoms with E-state index in [9.17, 15) is 18.4 Å². The fraction of sp³-hybridized carbons (Fsp3) is 0.0870. The van der Waals surface area contributed by atoms with Crippen LogP contribution in [0.5, 0.6) is 0 Å². The van der Waals surface area contributed by atoms with Crippen LogP contribution in [0.1, 0.15) is 18.7 Å². The maximum Gasteiger partial charge on any atom is 0.332 e. The lowest BCUT2D eigenvalue weighted by atomic mass is 10.2. The summed E-state index contributed by atoms with van der Waals surface area (Å²) in [5, 5.41) is 11.7. The topological polar surface area (TPSA) is 98.0 Å². The number of aromatic nitrogens is 4. The van der Waals surface area contributed by atoms with Crippen molar-refractivity contribution in [2.24, 2.45) is 4.99 Å². The van der Waals surface area contributed by atoms with E-state index in [-0.39, 0.29) is 29.2 Å². The van der Waals surface area contributed by atoms with Crippen molar-refractivity contribution in [2.45, 2.75) is 13.0 Å². The Labute approximate surface area is 190 Å². The second kappa shape index (κ2) is 9.53. The summed E-state index contributed by atoms with van der Waals surface area (Å²) in [5.74, 6) is -0.859. The standard InChI is InChI=1S/C23H17F3N6O2/c24-17-14-16(32-21(34)10-13-31(32)23(25)26)6-7-19(17)30-12-9-20(33)22(29-30)18(8-11-27)28-15-4-2-1-3-5-15/h1-7,9-14,23,27H,8H2. The molecule has 2 heterocycles. The molecule has 0 aliphatic rings. The maximum absolute atomic E-state index is 15.0. The van der Waals surface area contributed by atoms with E-state index in [0.29, 0.717) is 15.1 Å². The number of benzene rings is 2. The molecule has 0 unspecified atom stereocenters. The van der Waals surface area contributed by atoms with E-state index < -0.39 is 23.4 Å². The summed E-state index contributed by atoms with van der Waals surface area (Å²) in [4.78, 5) is 28.9. The number of halogens is 3. The highest BCUT2D eigenvalue weighted by Crippen LogP contribution is 2.19. The Morgan fingerprint density at radius 3 is 2.50 bits per heavy atom. The minimum absolute atomic E-state index is 0.0239. The molecule has 34 heavy (non-hydrogen) atoms. The largest absolute Gasteiger partial charge is 0.332 e. The number of aliphatic imine (C=N–C) groups is 1. The molecule has 4 aromatic rings. The number of hydrogen-bond donors (Lipinski definition) is 1. The Morgan fingerprint density at radius 2 is 1.82 bits per heavy atom. The van der Waals surface area contributed by atoms with Crippen molar-refractivity contribution in [2.75, 3.05) is 0 Å². The molecule has 1 N–H and O–H groups in total. The van der Waals surface area contributed by atoms with Gasteiger partial charge in [0.2, 0.25) is 5.43 Å². The summed E-state index contributed by atoms with van der Waals surface area (Å²) in [5.41, 5.74) is -0.690. The molecule has 0 amide bonds. The molecule has 0 radical (unpaired) electrons. The Morgan fingerprint density at radius 1 is 1.06 bits per heavy atom. The number of rotatable bonds is 7. The van der Waals surface area contributed by atoms with Gasteiger partial charge in [0.15, 0.2) is 11.5 Å². The number of alkyl halides is 2. The molecule has 2 aromatic carbocycles. The van der Waals surface area contributed by atoms with Crippen LogP contribution in [0.2, 0.25) is 0 Å². The molecular formula is C23H17F3N6O2. The highest BCUT2D eigenvalue weighted by molar-refractivity contribution is 6.06. The molecular weight excluding hydrogens is 449 g/mol. The Balaban J connectivity index is 1.78. The SMILES string of the molecule is N=CCC(=Nc1ccccc1)c1nn(-c2ccc(-n3c(=O)ccn3C(F)F)cc2F)ccc1=O. The first-order valence-corrected chi connectivity index (χ1v) is 9.99. The average Bonchev–Trinajstić information content (AvgIpc) is 3.22. The van der Waals surface area contributed by atoms with Gasteiger partial charge >= 0.3 is 6.55 Å². The molecule has 11 heteroatoms. The minimum Gasteiger partial charge on any atom is -0.313 e. The lowest BCUT2D eigenvalue weighted by Gasteiger charge is -2.13. The smallest absolute Gasteiger partial charge is 0.313 e. The molecule has 0 fully saturated rings. The molecule has 4 rings (SSSR count). The lowest BCUT2D eigenvalue weighted by molar-refractivity contribution is 0.0487. The molecule has 0 saturated heterocycles. The third-order valence-electron chi connectivity index (χ3n) is 4.83. The molecule has 0 bridgehead atoms. The third kappa shape index (κ3) is 4.49. The summed E-state index contributed by atoms with van der Waals surface area (Å²) < 4.78 is 43.5. The molecule has 0 saturated carbocycles. The predicted octanol–water partition coefficient (Wildman–Crippen LogP) is 3.88. The van der Waals surface area contributed by atoms with Crippen LogP contribution in [0.4, 0.5) is 18.9 Å². The molecule has 0 aliphatic carbocycles. The van der Waals surface area contributed by atoms with Crippen LogP contribution >= 0.6 is 0 Å². The van der Waals surface area contributed by atoms with Gasteiger partial charge in [0.25, 0.3) is 5.56 Å². The number of nitrogens with zero attached hydrogens (tertiary/aromatic N) is 5. The number of hydrogen-bond acceptors (Lipinski definition) is 5. The van der Waals surface area contributed by atoms with E-state index in [0.717, 1.165) is 29.2 Å². The van der Waals surface area contributed by atoms with Crippen LogP contribution in [-0.2, 0) is 0 Å². The van der Waals surface area contributed by atoms with Gasteiger partial charge in [0.1, 0.15) is 5.69 Å². The maximum atomic E-state index is 15.0. The Hall–Kier alpha value is -4.54. The third-order valence-corrected chi connectivity index (χ3v) is 4.83. The van der Waals surface area contributed by atoms with Gasteiger partial charge < -0.3 is 5.41 Å². The van der Waals surface area contributed by atoms with Gasteiger partial charge in [-0.2, -0.15) is 13.9 Å². The van der Waals surface area contributed by atoms with Gasteiger partial charge in [0.05, 0.1) is 17.1 Å². The quantitative estimate of drug-likeness (QED) is 0.419. The van der Waals surface area contributed by atoms with Crippen molar-refractivity contribution in [3.05, 3.63) is 105 Å². The van der Waals surface area contributed by atoms with E-state index in [2.05, 4.69) is 10.1 Å². The first kappa shape index (κ1) is 22.6. The zero-order chi connectivity index (χ0) is 24.2. The van der Waals surface area contributed by atoms with Gasteiger partial charge in [0, 0.05) is 43.2 Å². The zero-order valence-electron chi connectivity index (χ0n) is 17.5. The molecule has 2 aromatic heterocycles.